The summed E-state index contributed by atoms with van der Waals surface area (Å²) >= 11 is -2.76. The first-order valence-electron chi connectivity index (χ1n) is 6.89. The standard InChI is InChI=1S/C14H9F5N2O2S5/c1-23-7-4-5(2-3-6(7)20)14(22)21-8-9(24-15)11(26-17)13(28-19)12(27-18)10(8)25-16/h2-4H,20H2,1H3,(H,21,22). The summed E-state index contributed by atoms with van der Waals surface area (Å²) in [5, 5.41) is 2.22. The molecule has 0 spiro atoms. The second-order valence-corrected chi connectivity index (χ2v) is 7.63. The van der Waals surface area contributed by atoms with Crippen molar-refractivity contribution >= 4 is 78.0 Å². The van der Waals surface area contributed by atoms with Crippen molar-refractivity contribution in [2.45, 2.75) is 24.5 Å². The van der Waals surface area contributed by atoms with E-state index in [1.807, 2.05) is 0 Å². The van der Waals surface area contributed by atoms with Crippen LogP contribution in [0.4, 0.5) is 30.8 Å². The van der Waals surface area contributed by atoms with Gasteiger partial charge in [-0.2, -0.15) is 19.4 Å². The number of hydrogen-bond donors (Lipinski definition) is 2. The molecule has 3 N–H and O–H groups in total. The molecule has 0 saturated carbocycles. The predicted molar refractivity (Wildman–Crippen MR) is 107 cm³/mol. The first-order chi connectivity index (χ1) is 13.5. The van der Waals surface area contributed by atoms with Crippen molar-refractivity contribution in [2.75, 3.05) is 18.2 Å². The second-order valence-electron chi connectivity index (χ2n) is 4.82. The van der Waals surface area contributed by atoms with Crippen molar-refractivity contribution in [3.8, 4) is 5.75 Å². The Morgan fingerprint density at radius 2 is 1.36 bits per heavy atom. The van der Waals surface area contributed by atoms with Gasteiger partial charge in [-0.1, -0.05) is 0 Å². The summed E-state index contributed by atoms with van der Waals surface area (Å²) in [6.45, 7) is 0. The maximum absolute atomic E-state index is 13.5. The molecule has 2 aromatic carbocycles. The van der Waals surface area contributed by atoms with E-state index in [1.165, 1.54) is 25.3 Å². The summed E-state index contributed by atoms with van der Waals surface area (Å²) in [7, 11) is 1.33. The molecule has 0 unspecified atom stereocenters. The summed E-state index contributed by atoms with van der Waals surface area (Å²) in [6.07, 6.45) is 0. The number of amides is 1. The zero-order valence-electron chi connectivity index (χ0n) is 13.6. The van der Waals surface area contributed by atoms with Gasteiger partial charge >= 0.3 is 0 Å². The molecule has 0 heterocycles. The molecule has 4 nitrogen and oxygen atoms in total. The number of ether oxygens (including phenoxy) is 1. The number of hydrogen-bond acceptors (Lipinski definition) is 8. The molecule has 2 rings (SSSR count). The Kier molecular flexibility index (Phi) is 8.80. The fourth-order valence-corrected chi connectivity index (χ4v) is 5.00. The molecule has 0 bridgehead atoms. The zero-order valence-corrected chi connectivity index (χ0v) is 17.6. The Bertz CT molecular complexity index is 857. The Balaban J connectivity index is 2.62. The Hall–Kier alpha value is -1.09. The van der Waals surface area contributed by atoms with Crippen LogP contribution in [-0.4, -0.2) is 13.0 Å². The predicted octanol–water partition coefficient (Wildman–Crippen LogP) is 7.41. The molecule has 152 valence electrons. The van der Waals surface area contributed by atoms with Crippen LogP contribution in [0.15, 0.2) is 42.7 Å². The summed E-state index contributed by atoms with van der Waals surface area (Å²) in [5.74, 6) is -0.675. The molecule has 0 fully saturated rings. The van der Waals surface area contributed by atoms with Gasteiger partial charge in [0.05, 0.1) is 104 Å². The number of carbonyl (C=O) groups excluding carboxylic acids is 1. The van der Waals surface area contributed by atoms with Crippen molar-refractivity contribution in [3.63, 3.8) is 0 Å². The van der Waals surface area contributed by atoms with Crippen molar-refractivity contribution in [1.29, 1.82) is 0 Å². The third-order valence-electron chi connectivity index (χ3n) is 3.40. The van der Waals surface area contributed by atoms with E-state index in [-0.39, 0.29) is 17.0 Å². The summed E-state index contributed by atoms with van der Waals surface area (Å²) in [4.78, 5) is 9.46. The maximum atomic E-state index is 13.5. The van der Waals surface area contributed by atoms with E-state index in [4.69, 9.17) is 10.5 Å². The van der Waals surface area contributed by atoms with Crippen LogP contribution >= 0.6 is 60.7 Å². The van der Waals surface area contributed by atoms with Gasteiger partial charge in [0.25, 0.3) is 5.91 Å². The quantitative estimate of drug-likeness (QED) is 0.292. The highest BCUT2D eigenvalue weighted by molar-refractivity contribution is 8.00. The molecule has 0 aliphatic rings. The van der Waals surface area contributed by atoms with Gasteiger partial charge in [0.2, 0.25) is 0 Å². The highest BCUT2D eigenvalue weighted by Crippen LogP contribution is 2.54. The van der Waals surface area contributed by atoms with Crippen molar-refractivity contribution < 1.29 is 29.0 Å². The van der Waals surface area contributed by atoms with E-state index in [9.17, 15) is 24.2 Å². The minimum Gasteiger partial charge on any atom is -0.495 e. The molecule has 1 amide bonds. The smallest absolute Gasteiger partial charge is 0.255 e. The van der Waals surface area contributed by atoms with Crippen molar-refractivity contribution in [3.05, 3.63) is 23.8 Å². The Morgan fingerprint density at radius 3 is 1.79 bits per heavy atom. The van der Waals surface area contributed by atoms with Crippen LogP contribution in [0.1, 0.15) is 10.4 Å². The SMILES string of the molecule is COc1cc(C(=O)Nc2c(SF)c(SF)c(SF)c(SF)c2SF)ccc1N. The number of rotatable bonds is 8. The molecular weight excluding hydrogens is 483 g/mol. The molecule has 0 aliphatic heterocycles. The lowest BCUT2D eigenvalue weighted by atomic mass is 10.1. The topological polar surface area (TPSA) is 64.3 Å². The van der Waals surface area contributed by atoms with E-state index >= 15 is 0 Å². The molecule has 0 atom stereocenters. The van der Waals surface area contributed by atoms with Crippen molar-refractivity contribution in [2.24, 2.45) is 0 Å². The van der Waals surface area contributed by atoms with E-state index in [0.717, 1.165) is 0 Å². The molecular formula is C14H9F5N2O2S5. The fraction of sp³-hybridized carbons (Fsp3) is 0.0714. The number of nitrogens with two attached hydrogens (primary N) is 1. The molecule has 2 aromatic rings. The van der Waals surface area contributed by atoms with Crippen LogP contribution in [0.25, 0.3) is 0 Å². The molecule has 0 aromatic heterocycles. The Morgan fingerprint density at radius 1 is 0.893 bits per heavy atom. The average molecular weight is 493 g/mol. The summed E-state index contributed by atoms with van der Waals surface area (Å²) in [5.41, 5.74) is 5.38. The first kappa shape index (κ1) is 23.2. The number of anilines is 2. The van der Waals surface area contributed by atoms with Gasteiger partial charge in [0.1, 0.15) is 5.75 Å². The second kappa shape index (κ2) is 10.6. The number of carbonyl (C=O) groups is 1. The van der Waals surface area contributed by atoms with Crippen LogP contribution in [-0.2, 0) is 0 Å². The average Bonchev–Trinajstić information content (AvgIpc) is 2.72. The third kappa shape index (κ3) is 4.56. The minimum atomic E-state index is -0.853. The summed E-state index contributed by atoms with van der Waals surface area (Å²) in [6, 6.07) is 3.97. The van der Waals surface area contributed by atoms with Crippen LogP contribution in [0.2, 0.25) is 0 Å². The normalized spacial score (nSPS) is 10.8. The Labute approximate surface area is 178 Å². The molecule has 14 heteroatoms. The van der Waals surface area contributed by atoms with E-state index in [1.54, 1.807) is 0 Å². The highest BCUT2D eigenvalue weighted by atomic mass is 32.2. The van der Waals surface area contributed by atoms with Crippen LogP contribution in [0.3, 0.4) is 0 Å². The van der Waals surface area contributed by atoms with Gasteiger partial charge < -0.3 is 15.8 Å². The van der Waals surface area contributed by atoms with Crippen LogP contribution in [0.5, 0.6) is 5.75 Å². The zero-order chi connectivity index (χ0) is 20.8. The fourth-order valence-electron chi connectivity index (χ4n) is 2.15. The largest absolute Gasteiger partial charge is 0.495 e. The molecule has 0 radical (unpaired) electrons. The number of nitrogens with one attached hydrogen (secondary N) is 1. The molecule has 0 aliphatic carbocycles. The van der Waals surface area contributed by atoms with E-state index < -0.39 is 96.8 Å². The lowest BCUT2D eigenvalue weighted by molar-refractivity contribution is 0.102. The number of halogens is 5. The number of methoxy groups -OCH3 is 1. The molecule has 0 saturated heterocycles. The third-order valence-corrected chi connectivity index (χ3v) is 6.73. The minimum absolute atomic E-state index is 0.00325. The van der Waals surface area contributed by atoms with Crippen LogP contribution < -0.4 is 15.8 Å². The lowest BCUT2D eigenvalue weighted by Crippen LogP contribution is -2.14. The van der Waals surface area contributed by atoms with Gasteiger partial charge in [0.15, 0.2) is 0 Å². The highest BCUT2D eigenvalue weighted by Gasteiger charge is 2.29. The van der Waals surface area contributed by atoms with Gasteiger partial charge in [-0.25, -0.2) is 0 Å². The summed E-state index contributed by atoms with van der Waals surface area (Å²) < 4.78 is 71.9. The van der Waals surface area contributed by atoms with Gasteiger partial charge in [0, 0.05) is 5.56 Å². The monoisotopic (exact) mass is 492 g/mol. The van der Waals surface area contributed by atoms with Gasteiger partial charge in [-0.05, 0) is 18.2 Å². The molecule has 28 heavy (non-hydrogen) atoms. The number of benzene rings is 2. The first-order valence-corrected chi connectivity index (χ1v) is 10.5. The van der Waals surface area contributed by atoms with E-state index in [0.29, 0.717) is 0 Å². The number of nitrogen functional groups attached to an aromatic ring is 1. The van der Waals surface area contributed by atoms with Crippen LogP contribution in [0, 0.1) is 0 Å². The van der Waals surface area contributed by atoms with Crippen molar-refractivity contribution in [1.82, 2.24) is 0 Å². The lowest BCUT2D eigenvalue weighted by Gasteiger charge is -2.18. The van der Waals surface area contributed by atoms with Gasteiger partial charge in [-0.3, -0.25) is 4.79 Å². The van der Waals surface area contributed by atoms with E-state index in [2.05, 4.69) is 5.32 Å². The van der Waals surface area contributed by atoms with Gasteiger partial charge in [-0.15, -0.1) is 0 Å². The maximum Gasteiger partial charge on any atom is 0.255 e.